The highest BCUT2D eigenvalue weighted by Crippen LogP contribution is 2.29. The predicted molar refractivity (Wildman–Crippen MR) is 88.8 cm³/mol. The first-order valence-electron chi connectivity index (χ1n) is 8.10. The Kier molecular flexibility index (Phi) is 5.12. The molecule has 0 radical (unpaired) electrons. The number of carbonyl (C=O) groups excluding carboxylic acids is 1. The van der Waals surface area contributed by atoms with Gasteiger partial charge >= 0.3 is 6.09 Å². The minimum atomic E-state index is -0.469. The fourth-order valence-corrected chi connectivity index (χ4v) is 2.95. The number of nitrogens with zero attached hydrogens (tertiary/aromatic N) is 2. The van der Waals surface area contributed by atoms with Crippen molar-refractivity contribution in [3.8, 4) is 0 Å². The molecule has 1 fully saturated rings. The molecule has 1 aromatic rings. The third-order valence-corrected chi connectivity index (χ3v) is 4.09. The molecule has 1 saturated heterocycles. The second-order valence-corrected chi connectivity index (χ2v) is 7.00. The van der Waals surface area contributed by atoms with Crippen LogP contribution in [0.2, 0.25) is 0 Å². The second-order valence-electron chi connectivity index (χ2n) is 7.00. The second kappa shape index (κ2) is 6.69. The summed E-state index contributed by atoms with van der Waals surface area (Å²) >= 11 is 0. The molecule has 0 N–H and O–H groups in total. The average Bonchev–Trinajstić information content (AvgIpc) is 2.46. The quantitative estimate of drug-likeness (QED) is 0.835. The lowest BCUT2D eigenvalue weighted by atomic mass is 10.0. The molecule has 22 heavy (non-hydrogen) atoms. The summed E-state index contributed by atoms with van der Waals surface area (Å²) in [6.07, 6.45) is -0.219. The van der Waals surface area contributed by atoms with Gasteiger partial charge in [0.1, 0.15) is 5.60 Å². The first-order valence-corrected chi connectivity index (χ1v) is 8.10. The SMILES string of the molecule is CCN1C[C@H](c2ccccc2)N(C(=O)OC(C)(C)C)C[C@H]1C. The fraction of sp³-hybridized carbons (Fsp3) is 0.611. The van der Waals surface area contributed by atoms with Crippen LogP contribution in [0.1, 0.15) is 46.2 Å². The van der Waals surface area contributed by atoms with Crippen LogP contribution < -0.4 is 0 Å². The van der Waals surface area contributed by atoms with E-state index >= 15 is 0 Å². The molecule has 2 rings (SSSR count). The molecule has 0 bridgehead atoms. The van der Waals surface area contributed by atoms with Gasteiger partial charge in [0.2, 0.25) is 0 Å². The summed E-state index contributed by atoms with van der Waals surface area (Å²) in [6, 6.07) is 10.6. The van der Waals surface area contributed by atoms with Gasteiger partial charge in [-0.15, -0.1) is 0 Å². The number of hydrogen-bond acceptors (Lipinski definition) is 3. The summed E-state index contributed by atoms with van der Waals surface area (Å²) < 4.78 is 5.61. The van der Waals surface area contributed by atoms with Crippen molar-refractivity contribution in [2.75, 3.05) is 19.6 Å². The standard InChI is InChI=1S/C18H28N2O2/c1-6-19-13-16(15-10-8-7-9-11-15)20(12-14(19)2)17(21)22-18(3,4)5/h7-11,14,16H,6,12-13H2,1-5H3/t14-,16-/m1/s1. The van der Waals surface area contributed by atoms with E-state index in [1.807, 2.05) is 43.9 Å². The third kappa shape index (κ3) is 4.01. The molecule has 0 aliphatic carbocycles. The minimum absolute atomic E-state index is 0.0483. The van der Waals surface area contributed by atoms with Gasteiger partial charge in [-0.2, -0.15) is 0 Å². The van der Waals surface area contributed by atoms with Crippen LogP contribution in [0, 0.1) is 0 Å². The lowest BCUT2D eigenvalue weighted by Gasteiger charge is -2.45. The zero-order valence-corrected chi connectivity index (χ0v) is 14.4. The van der Waals surface area contributed by atoms with Crippen LogP contribution in [0.25, 0.3) is 0 Å². The Morgan fingerprint density at radius 1 is 1.23 bits per heavy atom. The molecule has 122 valence electrons. The lowest BCUT2D eigenvalue weighted by molar-refractivity contribution is -0.0131. The van der Waals surface area contributed by atoms with Crippen molar-refractivity contribution in [1.29, 1.82) is 0 Å². The average molecular weight is 304 g/mol. The monoisotopic (exact) mass is 304 g/mol. The first kappa shape index (κ1) is 16.8. The summed E-state index contributed by atoms with van der Waals surface area (Å²) in [4.78, 5) is 16.9. The molecule has 0 unspecified atom stereocenters. The van der Waals surface area contributed by atoms with Crippen molar-refractivity contribution in [1.82, 2.24) is 9.80 Å². The number of rotatable bonds is 2. The van der Waals surface area contributed by atoms with E-state index in [4.69, 9.17) is 4.74 Å². The van der Waals surface area contributed by atoms with Crippen molar-refractivity contribution in [2.45, 2.75) is 52.3 Å². The molecule has 4 heteroatoms. The van der Waals surface area contributed by atoms with Gasteiger partial charge in [0.25, 0.3) is 0 Å². The van der Waals surface area contributed by atoms with Crippen LogP contribution in [0.4, 0.5) is 4.79 Å². The smallest absolute Gasteiger partial charge is 0.410 e. The molecule has 2 atom stereocenters. The number of piperazine rings is 1. The Balaban J connectivity index is 2.25. The maximum absolute atomic E-state index is 12.6. The molecule has 1 aliphatic rings. The number of carbonyl (C=O) groups is 1. The zero-order chi connectivity index (χ0) is 16.3. The minimum Gasteiger partial charge on any atom is -0.444 e. The molecular weight excluding hydrogens is 276 g/mol. The van der Waals surface area contributed by atoms with Crippen molar-refractivity contribution < 1.29 is 9.53 Å². The number of hydrogen-bond donors (Lipinski definition) is 0. The van der Waals surface area contributed by atoms with E-state index in [1.165, 1.54) is 5.56 Å². The van der Waals surface area contributed by atoms with Crippen LogP contribution in [-0.2, 0) is 4.74 Å². The Morgan fingerprint density at radius 2 is 1.86 bits per heavy atom. The Morgan fingerprint density at radius 3 is 2.41 bits per heavy atom. The number of amides is 1. The van der Waals surface area contributed by atoms with Gasteiger partial charge in [0, 0.05) is 19.1 Å². The van der Waals surface area contributed by atoms with Crippen LogP contribution >= 0.6 is 0 Å². The molecular formula is C18H28N2O2. The molecule has 1 aliphatic heterocycles. The van der Waals surface area contributed by atoms with Crippen LogP contribution in [-0.4, -0.2) is 47.2 Å². The van der Waals surface area contributed by atoms with E-state index in [-0.39, 0.29) is 12.1 Å². The summed E-state index contributed by atoms with van der Waals surface area (Å²) in [7, 11) is 0. The molecule has 0 saturated carbocycles. The molecule has 0 aromatic heterocycles. The summed E-state index contributed by atoms with van der Waals surface area (Å²) in [5.74, 6) is 0. The van der Waals surface area contributed by atoms with Crippen molar-refractivity contribution in [2.24, 2.45) is 0 Å². The third-order valence-electron chi connectivity index (χ3n) is 4.09. The molecule has 1 heterocycles. The summed E-state index contributed by atoms with van der Waals surface area (Å²) in [5, 5.41) is 0. The van der Waals surface area contributed by atoms with Crippen molar-refractivity contribution >= 4 is 6.09 Å². The number of likely N-dealkylation sites (N-methyl/N-ethyl adjacent to an activating group) is 1. The van der Waals surface area contributed by atoms with E-state index in [2.05, 4.69) is 30.9 Å². The van der Waals surface area contributed by atoms with E-state index in [0.29, 0.717) is 12.6 Å². The Hall–Kier alpha value is -1.55. The van der Waals surface area contributed by atoms with Crippen LogP contribution in [0.15, 0.2) is 30.3 Å². The number of ether oxygens (including phenoxy) is 1. The highest BCUT2D eigenvalue weighted by atomic mass is 16.6. The lowest BCUT2D eigenvalue weighted by Crippen LogP contribution is -2.55. The highest BCUT2D eigenvalue weighted by Gasteiger charge is 2.36. The van der Waals surface area contributed by atoms with Gasteiger partial charge in [-0.25, -0.2) is 4.79 Å². The topological polar surface area (TPSA) is 32.8 Å². The van der Waals surface area contributed by atoms with Gasteiger partial charge < -0.3 is 4.74 Å². The van der Waals surface area contributed by atoms with Crippen molar-refractivity contribution in [3.63, 3.8) is 0 Å². The maximum Gasteiger partial charge on any atom is 0.410 e. The zero-order valence-electron chi connectivity index (χ0n) is 14.4. The molecule has 0 spiro atoms. The fourth-order valence-electron chi connectivity index (χ4n) is 2.95. The summed E-state index contributed by atoms with van der Waals surface area (Å²) in [5.41, 5.74) is 0.697. The van der Waals surface area contributed by atoms with Gasteiger partial charge in [0.05, 0.1) is 6.04 Å². The molecule has 4 nitrogen and oxygen atoms in total. The predicted octanol–water partition coefficient (Wildman–Crippen LogP) is 3.69. The normalized spacial score (nSPS) is 23.4. The highest BCUT2D eigenvalue weighted by molar-refractivity contribution is 5.69. The van der Waals surface area contributed by atoms with Crippen LogP contribution in [0.5, 0.6) is 0 Å². The Bertz CT molecular complexity index is 496. The number of benzene rings is 1. The van der Waals surface area contributed by atoms with E-state index in [0.717, 1.165) is 13.1 Å². The molecule has 1 amide bonds. The van der Waals surface area contributed by atoms with E-state index in [1.54, 1.807) is 0 Å². The van der Waals surface area contributed by atoms with Gasteiger partial charge in [-0.3, -0.25) is 9.80 Å². The van der Waals surface area contributed by atoms with Gasteiger partial charge in [-0.05, 0) is 39.8 Å². The summed E-state index contributed by atoms with van der Waals surface area (Å²) in [6.45, 7) is 12.6. The van der Waals surface area contributed by atoms with Gasteiger partial charge in [-0.1, -0.05) is 37.3 Å². The van der Waals surface area contributed by atoms with Gasteiger partial charge in [0.15, 0.2) is 0 Å². The van der Waals surface area contributed by atoms with Crippen molar-refractivity contribution in [3.05, 3.63) is 35.9 Å². The molecule has 1 aromatic carbocycles. The first-order chi connectivity index (χ1) is 10.3. The van der Waals surface area contributed by atoms with Crippen LogP contribution in [0.3, 0.4) is 0 Å². The Labute approximate surface area is 134 Å². The van der Waals surface area contributed by atoms with E-state index < -0.39 is 5.60 Å². The largest absolute Gasteiger partial charge is 0.444 e. The van der Waals surface area contributed by atoms with E-state index in [9.17, 15) is 4.79 Å². The maximum atomic E-state index is 12.6.